The first kappa shape index (κ1) is 14.2. The van der Waals surface area contributed by atoms with Gasteiger partial charge in [-0.25, -0.2) is 0 Å². The third-order valence-corrected chi connectivity index (χ3v) is 2.16. The molecule has 1 aromatic carbocycles. The average Bonchev–Trinajstić information content (AvgIpc) is 2.28. The predicted molar refractivity (Wildman–Crippen MR) is 58.3 cm³/mol. The van der Waals surface area contributed by atoms with Crippen molar-refractivity contribution in [2.24, 2.45) is 0 Å². The van der Waals surface area contributed by atoms with E-state index in [0.717, 1.165) is 6.07 Å². The van der Waals surface area contributed by atoms with Crippen LogP contribution in [0.4, 0.5) is 24.5 Å². The number of nitrogens with one attached hydrogen (secondary N) is 1. The summed E-state index contributed by atoms with van der Waals surface area (Å²) in [7, 11) is 0. The molecule has 0 spiro atoms. The second kappa shape index (κ2) is 5.67. The molecule has 0 aliphatic heterocycles. The Labute approximate surface area is 100 Å². The number of aliphatic hydroxyl groups is 1. The van der Waals surface area contributed by atoms with Gasteiger partial charge in [-0.05, 0) is 18.6 Å². The van der Waals surface area contributed by atoms with E-state index < -0.39 is 22.4 Å². The lowest BCUT2D eigenvalue weighted by molar-refractivity contribution is -0.388. The third-order valence-electron chi connectivity index (χ3n) is 2.16. The molecule has 0 aliphatic rings. The number of halogens is 3. The highest BCUT2D eigenvalue weighted by Crippen LogP contribution is 2.37. The molecule has 0 saturated heterocycles. The van der Waals surface area contributed by atoms with E-state index >= 15 is 0 Å². The van der Waals surface area contributed by atoms with Crippen LogP contribution in [0.1, 0.15) is 12.0 Å². The Morgan fingerprint density at radius 2 is 2.06 bits per heavy atom. The molecular weight excluding hydrogens is 253 g/mol. The third kappa shape index (κ3) is 3.59. The Kier molecular flexibility index (Phi) is 4.49. The lowest BCUT2D eigenvalue weighted by Crippen LogP contribution is -2.10. The van der Waals surface area contributed by atoms with Crippen LogP contribution in [0.2, 0.25) is 0 Å². The summed E-state index contributed by atoms with van der Waals surface area (Å²) in [6.07, 6.45) is -4.41. The zero-order chi connectivity index (χ0) is 13.8. The number of nitro benzene ring substituents is 1. The summed E-state index contributed by atoms with van der Waals surface area (Å²) >= 11 is 0. The number of hydrogen-bond acceptors (Lipinski definition) is 4. The first-order valence-electron chi connectivity index (χ1n) is 5.06. The fraction of sp³-hybridized carbons (Fsp3) is 0.400. The van der Waals surface area contributed by atoms with Crippen molar-refractivity contribution >= 4 is 11.4 Å². The molecule has 0 fully saturated rings. The lowest BCUT2D eigenvalue weighted by atomic mass is 10.1. The van der Waals surface area contributed by atoms with Gasteiger partial charge < -0.3 is 10.4 Å². The number of nitrogens with zero attached hydrogens (tertiary/aromatic N) is 1. The highest BCUT2D eigenvalue weighted by atomic mass is 19.4. The molecule has 0 amide bonds. The SMILES string of the molecule is O=[N+]([O-])c1ccc(NCCCO)cc1C(F)(F)F. The van der Waals surface area contributed by atoms with Gasteiger partial charge in [0.05, 0.1) is 4.92 Å². The van der Waals surface area contributed by atoms with E-state index in [0.29, 0.717) is 12.5 Å². The molecule has 0 heterocycles. The van der Waals surface area contributed by atoms with Crippen LogP contribution in [0.3, 0.4) is 0 Å². The molecule has 0 saturated carbocycles. The van der Waals surface area contributed by atoms with Crippen LogP contribution in [-0.2, 0) is 6.18 Å². The van der Waals surface area contributed by atoms with Gasteiger partial charge in [0, 0.05) is 24.9 Å². The maximum absolute atomic E-state index is 12.6. The second-order valence-electron chi connectivity index (χ2n) is 3.49. The largest absolute Gasteiger partial charge is 0.423 e. The highest BCUT2D eigenvalue weighted by molar-refractivity contribution is 5.55. The monoisotopic (exact) mass is 264 g/mol. The van der Waals surface area contributed by atoms with Crippen molar-refractivity contribution in [3.8, 4) is 0 Å². The quantitative estimate of drug-likeness (QED) is 0.486. The Morgan fingerprint density at radius 1 is 1.39 bits per heavy atom. The highest BCUT2D eigenvalue weighted by Gasteiger charge is 2.38. The number of rotatable bonds is 5. The van der Waals surface area contributed by atoms with Crippen molar-refractivity contribution in [1.29, 1.82) is 0 Å². The fourth-order valence-electron chi connectivity index (χ4n) is 1.34. The van der Waals surface area contributed by atoms with Crippen LogP contribution >= 0.6 is 0 Å². The average molecular weight is 264 g/mol. The summed E-state index contributed by atoms with van der Waals surface area (Å²) in [5.41, 5.74) is -2.14. The van der Waals surface area contributed by atoms with Gasteiger partial charge in [0.15, 0.2) is 0 Å². The zero-order valence-corrected chi connectivity index (χ0v) is 9.20. The van der Waals surface area contributed by atoms with Gasteiger partial charge >= 0.3 is 6.18 Å². The molecule has 100 valence electrons. The number of nitro groups is 1. The van der Waals surface area contributed by atoms with Gasteiger partial charge in [0.1, 0.15) is 5.56 Å². The molecule has 0 unspecified atom stereocenters. The lowest BCUT2D eigenvalue weighted by Gasteiger charge is -2.10. The molecule has 0 atom stereocenters. The Balaban J connectivity index is 3.02. The summed E-state index contributed by atoms with van der Waals surface area (Å²) in [4.78, 5) is 9.42. The molecule has 0 aromatic heterocycles. The first-order valence-corrected chi connectivity index (χ1v) is 5.06. The van der Waals surface area contributed by atoms with Gasteiger partial charge in [-0.3, -0.25) is 10.1 Å². The minimum Gasteiger partial charge on any atom is -0.396 e. The number of anilines is 1. The van der Waals surface area contributed by atoms with Crippen LogP contribution in [0.25, 0.3) is 0 Å². The number of benzene rings is 1. The summed E-state index contributed by atoms with van der Waals surface area (Å²) in [5.74, 6) is 0. The second-order valence-corrected chi connectivity index (χ2v) is 3.49. The van der Waals surface area contributed by atoms with Gasteiger partial charge in [-0.15, -0.1) is 0 Å². The standard InChI is InChI=1S/C10H11F3N2O3/c11-10(12,13)8-6-7(14-4-1-5-16)2-3-9(8)15(17)18/h2-3,6,14,16H,1,4-5H2. The van der Waals surface area contributed by atoms with Gasteiger partial charge in [0.2, 0.25) is 0 Å². The summed E-state index contributed by atoms with van der Waals surface area (Å²) < 4.78 is 37.8. The molecule has 1 aromatic rings. The topological polar surface area (TPSA) is 75.4 Å². The molecule has 8 heteroatoms. The molecule has 2 N–H and O–H groups in total. The Morgan fingerprint density at radius 3 is 2.56 bits per heavy atom. The van der Waals surface area contributed by atoms with Crippen molar-refractivity contribution in [1.82, 2.24) is 0 Å². The summed E-state index contributed by atoms with van der Waals surface area (Å²) in [6, 6.07) is 2.70. The van der Waals surface area contributed by atoms with Crippen molar-refractivity contribution in [2.45, 2.75) is 12.6 Å². The van der Waals surface area contributed by atoms with Crippen LogP contribution < -0.4 is 5.32 Å². The molecule has 0 bridgehead atoms. The molecule has 0 radical (unpaired) electrons. The van der Waals surface area contributed by atoms with Crippen LogP contribution in [0.5, 0.6) is 0 Å². The maximum atomic E-state index is 12.6. The van der Waals surface area contributed by atoms with Crippen molar-refractivity contribution in [3.63, 3.8) is 0 Å². The molecule has 1 rings (SSSR count). The van der Waals surface area contributed by atoms with E-state index in [9.17, 15) is 23.3 Å². The fourth-order valence-corrected chi connectivity index (χ4v) is 1.34. The van der Waals surface area contributed by atoms with E-state index in [1.165, 1.54) is 6.07 Å². The number of alkyl halides is 3. The van der Waals surface area contributed by atoms with Crippen molar-refractivity contribution < 1.29 is 23.2 Å². The van der Waals surface area contributed by atoms with E-state index in [-0.39, 0.29) is 18.8 Å². The maximum Gasteiger partial charge on any atom is 0.423 e. The predicted octanol–water partition coefficient (Wildman–Crippen LogP) is 2.41. The van der Waals surface area contributed by atoms with E-state index in [4.69, 9.17) is 5.11 Å². The number of hydrogen-bond donors (Lipinski definition) is 2. The van der Waals surface area contributed by atoms with Crippen molar-refractivity contribution in [2.75, 3.05) is 18.5 Å². The van der Waals surface area contributed by atoms with Crippen LogP contribution in [-0.4, -0.2) is 23.2 Å². The van der Waals surface area contributed by atoms with Crippen LogP contribution in [0.15, 0.2) is 18.2 Å². The van der Waals surface area contributed by atoms with Gasteiger partial charge in [-0.1, -0.05) is 0 Å². The Hall–Kier alpha value is -1.83. The summed E-state index contributed by atoms with van der Waals surface area (Å²) in [6.45, 7) is 0.192. The first-order chi connectivity index (χ1) is 8.36. The van der Waals surface area contributed by atoms with E-state index in [1.807, 2.05) is 0 Å². The minimum absolute atomic E-state index is 0.0912. The van der Waals surface area contributed by atoms with Crippen LogP contribution in [0, 0.1) is 10.1 Å². The van der Waals surface area contributed by atoms with Gasteiger partial charge in [-0.2, -0.15) is 13.2 Å². The molecule has 18 heavy (non-hydrogen) atoms. The Bertz CT molecular complexity index is 435. The molecule has 5 nitrogen and oxygen atoms in total. The normalized spacial score (nSPS) is 11.3. The number of aliphatic hydroxyl groups excluding tert-OH is 1. The van der Waals surface area contributed by atoms with E-state index in [2.05, 4.69) is 5.32 Å². The van der Waals surface area contributed by atoms with E-state index in [1.54, 1.807) is 0 Å². The molecular formula is C10H11F3N2O3. The smallest absolute Gasteiger partial charge is 0.396 e. The minimum atomic E-state index is -4.78. The van der Waals surface area contributed by atoms with Gasteiger partial charge in [0.25, 0.3) is 5.69 Å². The zero-order valence-electron chi connectivity index (χ0n) is 9.20. The summed E-state index contributed by atoms with van der Waals surface area (Å²) in [5, 5.41) is 21.7. The molecule has 0 aliphatic carbocycles. The van der Waals surface area contributed by atoms with Crippen molar-refractivity contribution in [3.05, 3.63) is 33.9 Å².